The third-order valence-electron chi connectivity index (χ3n) is 2.33. The maximum absolute atomic E-state index is 11.1. The Morgan fingerprint density at radius 1 is 1.20 bits per heavy atom. The van der Waals surface area contributed by atoms with Crippen molar-refractivity contribution in [1.82, 2.24) is 15.0 Å². The van der Waals surface area contributed by atoms with Crippen molar-refractivity contribution >= 4 is 11.0 Å². The zero-order chi connectivity index (χ0) is 15.4. The average molecular weight is 286 g/mol. The summed E-state index contributed by atoms with van der Waals surface area (Å²) in [5.74, 6) is 0. The lowest BCUT2D eigenvalue weighted by molar-refractivity contribution is 0.242. The number of fused-ring (bicyclic) bond motifs is 1. The zero-order valence-corrected chi connectivity index (χ0v) is 11.5. The first-order valence-corrected chi connectivity index (χ1v) is 6.14. The van der Waals surface area contributed by atoms with Crippen LogP contribution in [0.4, 0.5) is 0 Å². The van der Waals surface area contributed by atoms with E-state index in [2.05, 4.69) is 15.0 Å². The highest BCUT2D eigenvalue weighted by molar-refractivity contribution is 5.77. The number of H-pyrrole nitrogens is 2. The van der Waals surface area contributed by atoms with Crippen LogP contribution in [0.25, 0.3) is 11.0 Å². The largest absolute Gasteiger partial charge is 0.400 e. The number of nitrogens with one attached hydrogen (secondary N) is 2. The molecule has 2 aromatic heterocycles. The second-order valence-electron chi connectivity index (χ2n) is 3.63. The molecule has 2 heterocycles. The van der Waals surface area contributed by atoms with Crippen molar-refractivity contribution in [2.45, 2.75) is 19.4 Å². The van der Waals surface area contributed by atoms with Crippen LogP contribution in [-0.4, -0.2) is 50.6 Å². The number of aromatic amines is 2. The van der Waals surface area contributed by atoms with Gasteiger partial charge in [0.15, 0.2) is 0 Å². The summed E-state index contributed by atoms with van der Waals surface area (Å²) >= 11 is 0. The van der Waals surface area contributed by atoms with Gasteiger partial charge in [-0.25, -0.2) is 4.98 Å². The SMILES string of the molecule is CO.NCc1c[nH]c2c(=O)[nH]cnc12.OCCCCO. The van der Waals surface area contributed by atoms with Gasteiger partial charge in [-0.2, -0.15) is 0 Å². The molecule has 2 aromatic rings. The van der Waals surface area contributed by atoms with Crippen molar-refractivity contribution in [3.63, 3.8) is 0 Å². The number of nitrogens with two attached hydrogens (primary N) is 1. The Balaban J connectivity index is 0.000000387. The minimum absolute atomic E-state index is 0.167. The molecule has 20 heavy (non-hydrogen) atoms. The zero-order valence-electron chi connectivity index (χ0n) is 11.5. The molecule has 0 aliphatic rings. The minimum Gasteiger partial charge on any atom is -0.400 e. The summed E-state index contributed by atoms with van der Waals surface area (Å²) in [5, 5.41) is 23.2. The molecule has 0 amide bonds. The van der Waals surface area contributed by atoms with E-state index in [1.54, 1.807) is 6.20 Å². The molecular weight excluding hydrogens is 264 g/mol. The Hall–Kier alpha value is -1.74. The van der Waals surface area contributed by atoms with E-state index in [9.17, 15) is 4.79 Å². The van der Waals surface area contributed by atoms with Gasteiger partial charge in [-0.1, -0.05) is 0 Å². The van der Waals surface area contributed by atoms with Gasteiger partial charge in [0.25, 0.3) is 5.56 Å². The molecule has 114 valence electrons. The average Bonchev–Trinajstić information content (AvgIpc) is 2.92. The van der Waals surface area contributed by atoms with Crippen LogP contribution in [0.5, 0.6) is 0 Å². The second-order valence-corrected chi connectivity index (χ2v) is 3.63. The van der Waals surface area contributed by atoms with Gasteiger partial charge in [0.1, 0.15) is 5.52 Å². The summed E-state index contributed by atoms with van der Waals surface area (Å²) in [4.78, 5) is 20.4. The first-order valence-electron chi connectivity index (χ1n) is 6.14. The molecule has 0 unspecified atom stereocenters. The lowest BCUT2D eigenvalue weighted by Gasteiger charge is -1.89. The van der Waals surface area contributed by atoms with Gasteiger partial charge in [0, 0.05) is 38.6 Å². The van der Waals surface area contributed by atoms with Gasteiger partial charge in [-0.3, -0.25) is 4.79 Å². The molecule has 0 radical (unpaired) electrons. The summed E-state index contributed by atoms with van der Waals surface area (Å²) in [6.07, 6.45) is 4.51. The first kappa shape index (κ1) is 18.3. The molecular formula is C12H22N4O4. The quantitative estimate of drug-likeness (QED) is 0.400. The van der Waals surface area contributed by atoms with E-state index in [1.165, 1.54) is 6.33 Å². The van der Waals surface area contributed by atoms with Crippen LogP contribution in [0.1, 0.15) is 18.4 Å². The third kappa shape index (κ3) is 5.49. The van der Waals surface area contributed by atoms with Crippen LogP contribution >= 0.6 is 0 Å². The van der Waals surface area contributed by atoms with Crippen LogP contribution in [0.15, 0.2) is 17.3 Å². The van der Waals surface area contributed by atoms with Crippen molar-refractivity contribution in [3.05, 3.63) is 28.4 Å². The fourth-order valence-corrected chi connectivity index (χ4v) is 1.38. The number of aliphatic hydroxyl groups is 3. The molecule has 8 nitrogen and oxygen atoms in total. The Morgan fingerprint density at radius 2 is 1.80 bits per heavy atom. The van der Waals surface area contributed by atoms with Crippen LogP contribution < -0.4 is 11.3 Å². The van der Waals surface area contributed by atoms with Gasteiger partial charge < -0.3 is 31.0 Å². The smallest absolute Gasteiger partial charge is 0.275 e. The van der Waals surface area contributed by atoms with E-state index in [4.69, 9.17) is 21.1 Å². The van der Waals surface area contributed by atoms with Crippen LogP contribution in [0.3, 0.4) is 0 Å². The molecule has 0 spiro atoms. The van der Waals surface area contributed by atoms with Crippen molar-refractivity contribution in [2.75, 3.05) is 20.3 Å². The molecule has 2 rings (SSSR count). The molecule has 8 heteroatoms. The fraction of sp³-hybridized carbons (Fsp3) is 0.500. The van der Waals surface area contributed by atoms with Crippen molar-refractivity contribution in [3.8, 4) is 0 Å². The molecule has 0 aromatic carbocycles. The highest BCUT2D eigenvalue weighted by Crippen LogP contribution is 2.09. The number of aromatic nitrogens is 3. The second kappa shape index (κ2) is 11.1. The van der Waals surface area contributed by atoms with Gasteiger partial charge in [-0.05, 0) is 12.8 Å². The topological polar surface area (TPSA) is 148 Å². The number of aliphatic hydroxyl groups excluding tert-OH is 3. The minimum atomic E-state index is -0.167. The van der Waals surface area contributed by atoms with E-state index in [0.717, 1.165) is 25.5 Å². The summed E-state index contributed by atoms with van der Waals surface area (Å²) in [6.45, 7) is 0.775. The van der Waals surface area contributed by atoms with Gasteiger partial charge >= 0.3 is 0 Å². The monoisotopic (exact) mass is 286 g/mol. The van der Waals surface area contributed by atoms with Crippen LogP contribution in [0, 0.1) is 0 Å². The summed E-state index contributed by atoms with van der Waals surface area (Å²) in [6, 6.07) is 0. The van der Waals surface area contributed by atoms with Gasteiger partial charge in [-0.15, -0.1) is 0 Å². The summed E-state index contributed by atoms with van der Waals surface area (Å²) in [7, 11) is 1.00. The number of rotatable bonds is 4. The molecule has 7 N–H and O–H groups in total. The molecule has 0 bridgehead atoms. The first-order chi connectivity index (χ1) is 9.74. The molecule has 0 fully saturated rings. The van der Waals surface area contributed by atoms with E-state index in [-0.39, 0.29) is 18.8 Å². The Bertz CT molecular complexity index is 519. The van der Waals surface area contributed by atoms with Crippen LogP contribution in [-0.2, 0) is 6.54 Å². The number of nitrogens with zero attached hydrogens (tertiary/aromatic N) is 1. The van der Waals surface area contributed by atoms with E-state index < -0.39 is 0 Å². The highest BCUT2D eigenvalue weighted by Gasteiger charge is 2.04. The maximum Gasteiger partial charge on any atom is 0.275 e. The van der Waals surface area contributed by atoms with E-state index in [1.807, 2.05) is 0 Å². The van der Waals surface area contributed by atoms with Crippen molar-refractivity contribution in [2.24, 2.45) is 5.73 Å². The molecule has 0 atom stereocenters. The molecule has 0 saturated carbocycles. The maximum atomic E-state index is 11.1. The number of hydrogen-bond acceptors (Lipinski definition) is 6. The summed E-state index contributed by atoms with van der Waals surface area (Å²) in [5.41, 5.74) is 7.27. The third-order valence-corrected chi connectivity index (χ3v) is 2.33. The van der Waals surface area contributed by atoms with Gasteiger partial charge in [0.2, 0.25) is 0 Å². The highest BCUT2D eigenvalue weighted by atomic mass is 16.3. The Morgan fingerprint density at radius 3 is 2.30 bits per heavy atom. The summed E-state index contributed by atoms with van der Waals surface area (Å²) < 4.78 is 0. The number of unbranched alkanes of at least 4 members (excludes halogenated alkanes) is 1. The fourth-order valence-electron chi connectivity index (χ4n) is 1.38. The van der Waals surface area contributed by atoms with E-state index in [0.29, 0.717) is 17.6 Å². The number of hydrogen-bond donors (Lipinski definition) is 6. The normalized spacial score (nSPS) is 9.45. The Kier molecular flexibility index (Phi) is 10.2. The lowest BCUT2D eigenvalue weighted by Crippen LogP contribution is -2.06. The van der Waals surface area contributed by atoms with Crippen LogP contribution in [0.2, 0.25) is 0 Å². The van der Waals surface area contributed by atoms with Gasteiger partial charge in [0.05, 0.1) is 11.8 Å². The van der Waals surface area contributed by atoms with Crippen molar-refractivity contribution < 1.29 is 15.3 Å². The molecule has 0 saturated heterocycles. The molecule has 0 aliphatic carbocycles. The standard InChI is InChI=1S/C7H8N4O.C4H10O2.CH4O/c8-1-4-2-9-6-5(4)10-3-11-7(6)12;5-3-1-2-4-6;1-2/h2-3,9H,1,8H2,(H,10,11,12);5-6H,1-4H2;2H,1H3. The predicted octanol–water partition coefficient (Wildman–Crippen LogP) is -0.930. The molecule has 0 aliphatic heterocycles. The predicted molar refractivity (Wildman–Crippen MR) is 76.2 cm³/mol. The Labute approximate surface area is 116 Å². The lowest BCUT2D eigenvalue weighted by atomic mass is 10.3. The van der Waals surface area contributed by atoms with E-state index >= 15 is 0 Å². The van der Waals surface area contributed by atoms with Crippen molar-refractivity contribution in [1.29, 1.82) is 0 Å².